The van der Waals surface area contributed by atoms with E-state index in [4.69, 9.17) is 4.74 Å². The minimum absolute atomic E-state index is 0.108. The Morgan fingerprint density at radius 2 is 2.12 bits per heavy atom. The molecule has 0 saturated heterocycles. The van der Waals surface area contributed by atoms with E-state index in [1.54, 1.807) is 18.4 Å². The minimum Gasteiger partial charge on any atom is -0.495 e. The van der Waals surface area contributed by atoms with Crippen LogP contribution in [0.5, 0.6) is 5.75 Å². The van der Waals surface area contributed by atoms with Crippen LogP contribution in [-0.2, 0) is 11.3 Å². The lowest BCUT2D eigenvalue weighted by Crippen LogP contribution is -2.23. The molecule has 0 aliphatic carbocycles. The summed E-state index contributed by atoms with van der Waals surface area (Å²) in [5.41, 5.74) is 0.656. The number of methoxy groups -OCH3 is 1. The predicted octanol–water partition coefficient (Wildman–Crippen LogP) is 4.15. The first-order chi connectivity index (χ1) is 12.6. The van der Waals surface area contributed by atoms with Crippen LogP contribution in [0.15, 0.2) is 46.9 Å². The summed E-state index contributed by atoms with van der Waals surface area (Å²) in [5.74, 6) is 1.36. The number of amides is 1. The summed E-state index contributed by atoms with van der Waals surface area (Å²) in [6.45, 7) is 4.64. The second kappa shape index (κ2) is 8.37. The van der Waals surface area contributed by atoms with E-state index < -0.39 is 0 Å². The summed E-state index contributed by atoms with van der Waals surface area (Å²) in [6.07, 6.45) is 0. The number of nitrogens with one attached hydrogen (secondary N) is 1. The molecule has 2 aromatic heterocycles. The zero-order valence-electron chi connectivity index (χ0n) is 14.8. The Morgan fingerprint density at radius 3 is 2.81 bits per heavy atom. The van der Waals surface area contributed by atoms with Gasteiger partial charge in [0, 0.05) is 6.54 Å². The summed E-state index contributed by atoms with van der Waals surface area (Å²) in [6, 6.07) is 11.4. The van der Waals surface area contributed by atoms with Crippen molar-refractivity contribution in [2.24, 2.45) is 0 Å². The number of hydrogen-bond acceptors (Lipinski definition) is 6. The summed E-state index contributed by atoms with van der Waals surface area (Å²) >= 11 is 3.02. The molecule has 1 N–H and O–H groups in total. The lowest BCUT2D eigenvalue weighted by molar-refractivity contribution is -0.115. The van der Waals surface area contributed by atoms with E-state index in [1.807, 2.05) is 60.2 Å². The Hall–Kier alpha value is -2.32. The van der Waals surface area contributed by atoms with Gasteiger partial charge in [0.2, 0.25) is 5.91 Å². The Labute approximate surface area is 160 Å². The van der Waals surface area contributed by atoms with Crippen molar-refractivity contribution in [3.05, 3.63) is 41.8 Å². The molecule has 0 unspecified atom stereocenters. The van der Waals surface area contributed by atoms with Crippen molar-refractivity contribution >= 4 is 34.7 Å². The lowest BCUT2D eigenvalue weighted by Gasteiger charge is -2.14. The number of hydrogen-bond donors (Lipinski definition) is 1. The van der Waals surface area contributed by atoms with Gasteiger partial charge in [0.1, 0.15) is 5.75 Å². The van der Waals surface area contributed by atoms with Crippen LogP contribution in [0.1, 0.15) is 13.8 Å². The van der Waals surface area contributed by atoms with E-state index in [-0.39, 0.29) is 11.2 Å². The second-order valence-electron chi connectivity index (χ2n) is 5.48. The standard InChI is InChI=1S/C18H20N4O2S2/c1-4-22-16(15-10-7-11-25-15)20-21-18(22)26-12(2)17(23)19-13-8-5-6-9-14(13)24-3/h5-12H,4H2,1-3H3,(H,19,23)/t12-/m1/s1. The monoisotopic (exact) mass is 388 g/mol. The molecule has 1 atom stereocenters. The number of aromatic nitrogens is 3. The Bertz CT molecular complexity index is 877. The summed E-state index contributed by atoms with van der Waals surface area (Å²) in [5, 5.41) is 13.9. The quantitative estimate of drug-likeness (QED) is 0.616. The van der Waals surface area contributed by atoms with Gasteiger partial charge in [-0.3, -0.25) is 4.79 Å². The highest BCUT2D eigenvalue weighted by Crippen LogP contribution is 2.30. The largest absolute Gasteiger partial charge is 0.495 e. The van der Waals surface area contributed by atoms with E-state index in [0.717, 1.165) is 22.4 Å². The van der Waals surface area contributed by atoms with Crippen molar-refractivity contribution in [1.29, 1.82) is 0 Å². The van der Waals surface area contributed by atoms with Gasteiger partial charge in [-0.2, -0.15) is 0 Å². The number of carbonyl (C=O) groups excluding carboxylic acids is 1. The molecule has 0 radical (unpaired) electrons. The van der Waals surface area contributed by atoms with Gasteiger partial charge in [-0.1, -0.05) is 30.0 Å². The maximum absolute atomic E-state index is 12.6. The van der Waals surface area contributed by atoms with Crippen molar-refractivity contribution in [1.82, 2.24) is 14.8 Å². The van der Waals surface area contributed by atoms with E-state index in [2.05, 4.69) is 15.5 Å². The number of nitrogens with zero attached hydrogens (tertiary/aromatic N) is 3. The highest BCUT2D eigenvalue weighted by Gasteiger charge is 2.21. The molecule has 136 valence electrons. The highest BCUT2D eigenvalue weighted by atomic mass is 32.2. The molecule has 2 heterocycles. The highest BCUT2D eigenvalue weighted by molar-refractivity contribution is 8.00. The number of ether oxygens (including phenoxy) is 1. The Kier molecular flexibility index (Phi) is 5.95. The molecule has 0 aliphatic heterocycles. The molecule has 0 saturated carbocycles. The number of thioether (sulfide) groups is 1. The smallest absolute Gasteiger partial charge is 0.237 e. The van der Waals surface area contributed by atoms with Gasteiger partial charge in [0.25, 0.3) is 0 Å². The SMILES string of the molecule is CCn1c(S[C@H](C)C(=O)Nc2ccccc2OC)nnc1-c1cccs1. The van der Waals surface area contributed by atoms with E-state index >= 15 is 0 Å². The van der Waals surface area contributed by atoms with Crippen molar-refractivity contribution in [2.45, 2.75) is 30.8 Å². The van der Waals surface area contributed by atoms with Crippen LogP contribution in [0.3, 0.4) is 0 Å². The first-order valence-electron chi connectivity index (χ1n) is 8.21. The van der Waals surface area contributed by atoms with Crippen molar-refractivity contribution in [3.8, 4) is 16.5 Å². The van der Waals surface area contributed by atoms with Gasteiger partial charge in [-0.25, -0.2) is 0 Å². The third-order valence-electron chi connectivity index (χ3n) is 3.79. The summed E-state index contributed by atoms with van der Waals surface area (Å²) < 4.78 is 7.31. The van der Waals surface area contributed by atoms with Crippen LogP contribution in [0, 0.1) is 0 Å². The van der Waals surface area contributed by atoms with Crippen LogP contribution in [-0.4, -0.2) is 33.0 Å². The molecule has 3 rings (SSSR count). The number of thiophene rings is 1. The number of carbonyl (C=O) groups is 1. The summed E-state index contributed by atoms with van der Waals surface area (Å²) in [4.78, 5) is 13.6. The maximum Gasteiger partial charge on any atom is 0.237 e. The third-order valence-corrected chi connectivity index (χ3v) is 5.74. The van der Waals surface area contributed by atoms with Gasteiger partial charge in [0.05, 0.1) is 22.9 Å². The number of rotatable bonds is 7. The Balaban J connectivity index is 1.73. The molecule has 6 nitrogen and oxygen atoms in total. The average molecular weight is 389 g/mol. The van der Waals surface area contributed by atoms with Gasteiger partial charge >= 0.3 is 0 Å². The number of para-hydroxylation sites is 2. The van der Waals surface area contributed by atoms with E-state index in [1.165, 1.54) is 11.8 Å². The average Bonchev–Trinajstić information content (AvgIpc) is 3.31. The molecule has 8 heteroatoms. The molecule has 1 amide bonds. The van der Waals surface area contributed by atoms with Crippen LogP contribution in [0.4, 0.5) is 5.69 Å². The van der Waals surface area contributed by atoms with Gasteiger partial charge in [-0.15, -0.1) is 21.5 Å². The third kappa shape index (κ3) is 3.91. The van der Waals surface area contributed by atoms with Crippen LogP contribution in [0.2, 0.25) is 0 Å². The van der Waals surface area contributed by atoms with Crippen molar-refractivity contribution < 1.29 is 9.53 Å². The normalized spacial score (nSPS) is 12.0. The molecule has 0 aliphatic rings. The fourth-order valence-corrected chi connectivity index (χ4v) is 4.07. The molecule has 0 spiro atoms. The van der Waals surface area contributed by atoms with Crippen LogP contribution in [0.25, 0.3) is 10.7 Å². The molecule has 3 aromatic rings. The molecular formula is C18H20N4O2S2. The molecular weight excluding hydrogens is 368 g/mol. The van der Waals surface area contributed by atoms with Gasteiger partial charge in [-0.05, 0) is 37.4 Å². The van der Waals surface area contributed by atoms with Crippen LogP contribution >= 0.6 is 23.1 Å². The fourth-order valence-electron chi connectivity index (χ4n) is 2.44. The number of benzene rings is 1. The van der Waals surface area contributed by atoms with E-state index in [0.29, 0.717) is 11.4 Å². The lowest BCUT2D eigenvalue weighted by atomic mass is 10.3. The molecule has 0 bridgehead atoms. The molecule has 0 fully saturated rings. The first-order valence-corrected chi connectivity index (χ1v) is 9.97. The maximum atomic E-state index is 12.6. The molecule has 1 aromatic carbocycles. The van der Waals surface area contributed by atoms with Crippen molar-refractivity contribution in [2.75, 3.05) is 12.4 Å². The molecule has 26 heavy (non-hydrogen) atoms. The Morgan fingerprint density at radius 1 is 1.31 bits per heavy atom. The minimum atomic E-state index is -0.328. The number of anilines is 1. The zero-order chi connectivity index (χ0) is 18.5. The summed E-state index contributed by atoms with van der Waals surface area (Å²) in [7, 11) is 1.58. The van der Waals surface area contributed by atoms with Crippen LogP contribution < -0.4 is 10.1 Å². The predicted molar refractivity (Wildman–Crippen MR) is 106 cm³/mol. The fraction of sp³-hybridized carbons (Fsp3) is 0.278. The first kappa shape index (κ1) is 18.5. The van der Waals surface area contributed by atoms with Gasteiger partial charge < -0.3 is 14.6 Å². The zero-order valence-corrected chi connectivity index (χ0v) is 16.4. The van der Waals surface area contributed by atoms with Gasteiger partial charge in [0.15, 0.2) is 11.0 Å². The van der Waals surface area contributed by atoms with E-state index in [9.17, 15) is 4.79 Å². The van der Waals surface area contributed by atoms with Crippen molar-refractivity contribution in [3.63, 3.8) is 0 Å². The second-order valence-corrected chi connectivity index (χ2v) is 7.73. The topological polar surface area (TPSA) is 69.0 Å².